The molecule has 3 rings (SSSR count). The van der Waals surface area contributed by atoms with E-state index in [2.05, 4.69) is 0 Å². The molecule has 0 aromatic heterocycles. The third-order valence-electron chi connectivity index (χ3n) is 5.22. The van der Waals surface area contributed by atoms with Crippen LogP contribution in [0.5, 0.6) is 11.5 Å². The van der Waals surface area contributed by atoms with Gasteiger partial charge >= 0.3 is 5.97 Å². The molecular weight excluding hydrogens is 354 g/mol. The number of thioether (sulfide) groups is 1. The van der Waals surface area contributed by atoms with Crippen molar-refractivity contribution >= 4 is 23.6 Å². The molecule has 0 spiro atoms. The summed E-state index contributed by atoms with van der Waals surface area (Å²) in [5.74, 6) is 2.38. The number of fused-ring (bicyclic) bond motifs is 1. The summed E-state index contributed by atoms with van der Waals surface area (Å²) in [6.07, 6.45) is 2.34. The van der Waals surface area contributed by atoms with Crippen molar-refractivity contribution in [3.05, 3.63) is 23.3 Å². The first-order valence-electron chi connectivity index (χ1n) is 8.90. The van der Waals surface area contributed by atoms with E-state index in [1.54, 1.807) is 19.1 Å². The molecule has 1 aromatic carbocycles. The van der Waals surface area contributed by atoms with Gasteiger partial charge in [0.25, 0.3) is 0 Å². The summed E-state index contributed by atoms with van der Waals surface area (Å²) in [6.45, 7) is 0.545. The highest BCUT2D eigenvalue weighted by atomic mass is 32.2. The van der Waals surface area contributed by atoms with Crippen molar-refractivity contribution in [3.63, 3.8) is 0 Å². The molecule has 0 radical (unpaired) electrons. The Morgan fingerprint density at radius 2 is 1.85 bits per heavy atom. The van der Waals surface area contributed by atoms with Gasteiger partial charge in [-0.3, -0.25) is 9.59 Å². The molecule has 7 heteroatoms. The molecule has 1 unspecified atom stereocenters. The summed E-state index contributed by atoms with van der Waals surface area (Å²) in [5.41, 5.74) is 1.88. The highest BCUT2D eigenvalue weighted by Crippen LogP contribution is 2.40. The van der Waals surface area contributed by atoms with E-state index in [-0.39, 0.29) is 18.2 Å². The van der Waals surface area contributed by atoms with Crippen LogP contribution in [0.2, 0.25) is 0 Å². The number of ether oxygens (including phenoxy) is 2. The van der Waals surface area contributed by atoms with Gasteiger partial charge in [-0.1, -0.05) is 0 Å². The maximum Gasteiger partial charge on any atom is 0.305 e. The van der Waals surface area contributed by atoms with Crippen LogP contribution >= 0.6 is 11.8 Å². The van der Waals surface area contributed by atoms with E-state index >= 15 is 0 Å². The lowest BCUT2D eigenvalue weighted by Crippen LogP contribution is -2.44. The van der Waals surface area contributed by atoms with Gasteiger partial charge in [-0.25, -0.2) is 0 Å². The number of nitrogens with zero attached hydrogens (tertiary/aromatic N) is 1. The van der Waals surface area contributed by atoms with Crippen molar-refractivity contribution in [2.24, 2.45) is 5.92 Å². The maximum absolute atomic E-state index is 13.1. The van der Waals surface area contributed by atoms with Gasteiger partial charge in [0.15, 0.2) is 11.5 Å². The van der Waals surface area contributed by atoms with Gasteiger partial charge in [0, 0.05) is 12.5 Å². The van der Waals surface area contributed by atoms with Gasteiger partial charge in [-0.15, -0.1) is 0 Å². The number of rotatable bonds is 5. The van der Waals surface area contributed by atoms with Crippen LogP contribution in [0.15, 0.2) is 12.1 Å². The molecule has 142 valence electrons. The Kier molecular flexibility index (Phi) is 5.96. The zero-order valence-corrected chi connectivity index (χ0v) is 16.0. The fourth-order valence-electron chi connectivity index (χ4n) is 3.86. The summed E-state index contributed by atoms with van der Waals surface area (Å²) in [4.78, 5) is 26.4. The second-order valence-corrected chi connectivity index (χ2v) is 7.91. The van der Waals surface area contributed by atoms with E-state index in [1.807, 2.05) is 23.9 Å². The quantitative estimate of drug-likeness (QED) is 0.848. The van der Waals surface area contributed by atoms with Crippen molar-refractivity contribution in [2.45, 2.75) is 31.7 Å². The maximum atomic E-state index is 13.1. The van der Waals surface area contributed by atoms with Crippen LogP contribution < -0.4 is 9.47 Å². The highest BCUT2D eigenvalue weighted by Gasteiger charge is 2.36. The minimum atomic E-state index is -0.908. The second-order valence-electron chi connectivity index (χ2n) is 6.69. The average Bonchev–Trinajstić information content (AvgIpc) is 2.67. The highest BCUT2D eigenvalue weighted by molar-refractivity contribution is 7.99. The van der Waals surface area contributed by atoms with Crippen molar-refractivity contribution in [1.29, 1.82) is 0 Å². The van der Waals surface area contributed by atoms with Crippen LogP contribution in [-0.4, -0.2) is 54.2 Å². The number of carbonyl (C=O) groups excluding carboxylic acids is 1. The Balaban J connectivity index is 1.95. The summed E-state index contributed by atoms with van der Waals surface area (Å²) in [6, 6.07) is 3.28. The van der Waals surface area contributed by atoms with Gasteiger partial charge in [0.05, 0.1) is 26.7 Å². The van der Waals surface area contributed by atoms with Crippen molar-refractivity contribution in [2.75, 3.05) is 32.3 Å². The number of hydrogen-bond donors (Lipinski definition) is 1. The Morgan fingerprint density at radius 3 is 2.46 bits per heavy atom. The Morgan fingerprint density at radius 1 is 1.19 bits per heavy atom. The minimum Gasteiger partial charge on any atom is -0.493 e. The predicted molar refractivity (Wildman–Crippen MR) is 100 cm³/mol. The molecule has 0 bridgehead atoms. The molecule has 6 nitrogen and oxygen atoms in total. The number of methoxy groups -OCH3 is 2. The van der Waals surface area contributed by atoms with Gasteiger partial charge < -0.3 is 19.5 Å². The van der Waals surface area contributed by atoms with E-state index in [0.29, 0.717) is 24.5 Å². The molecule has 1 amide bonds. The topological polar surface area (TPSA) is 76.1 Å². The third-order valence-corrected chi connectivity index (χ3v) is 6.27. The lowest BCUT2D eigenvalue weighted by Gasteiger charge is -2.39. The van der Waals surface area contributed by atoms with Crippen LogP contribution in [0.1, 0.15) is 36.4 Å². The smallest absolute Gasteiger partial charge is 0.305 e. The fraction of sp³-hybridized carbons (Fsp3) is 0.579. The van der Waals surface area contributed by atoms with Crippen molar-refractivity contribution in [1.82, 2.24) is 4.90 Å². The van der Waals surface area contributed by atoms with Gasteiger partial charge in [-0.05, 0) is 54.0 Å². The number of amides is 1. The van der Waals surface area contributed by atoms with E-state index < -0.39 is 12.0 Å². The number of benzene rings is 1. The van der Waals surface area contributed by atoms with E-state index in [1.165, 1.54) is 0 Å². The molecule has 2 aliphatic rings. The standard InChI is InChI=1S/C19H25NO5S/c1-24-16-9-13-3-6-20(19(23)12-4-7-26-8-5-12)15(11-18(21)22)14(13)10-17(16)25-2/h9-10,12,15H,3-8,11H2,1-2H3,(H,21,22). The van der Waals surface area contributed by atoms with E-state index in [0.717, 1.165) is 35.5 Å². The molecule has 0 aliphatic carbocycles. The number of carboxylic acids is 1. The SMILES string of the molecule is COc1cc2c(cc1OC)C(CC(=O)O)N(C(=O)C1CCSCC1)CC2. The number of aliphatic carboxylic acids is 1. The lowest BCUT2D eigenvalue weighted by molar-refractivity contribution is -0.143. The van der Waals surface area contributed by atoms with Crippen LogP contribution in [-0.2, 0) is 16.0 Å². The molecule has 2 heterocycles. The Hall–Kier alpha value is -1.89. The molecule has 1 aromatic rings. The predicted octanol–water partition coefficient (Wildman–Crippen LogP) is 2.75. The molecule has 0 saturated carbocycles. The molecular formula is C19H25NO5S. The summed E-state index contributed by atoms with van der Waals surface area (Å²) in [7, 11) is 3.14. The molecule has 2 aliphatic heterocycles. The zero-order valence-electron chi connectivity index (χ0n) is 15.2. The average molecular weight is 379 g/mol. The van der Waals surface area contributed by atoms with Crippen LogP contribution in [0.4, 0.5) is 0 Å². The summed E-state index contributed by atoms with van der Waals surface area (Å²) in [5, 5.41) is 9.43. The number of hydrogen-bond acceptors (Lipinski definition) is 5. The second kappa shape index (κ2) is 8.20. The first-order chi connectivity index (χ1) is 12.5. The first-order valence-corrected chi connectivity index (χ1v) is 10.1. The van der Waals surface area contributed by atoms with Crippen LogP contribution in [0.25, 0.3) is 0 Å². The minimum absolute atomic E-state index is 0.00855. The molecule has 1 saturated heterocycles. The van der Waals surface area contributed by atoms with Crippen molar-refractivity contribution in [3.8, 4) is 11.5 Å². The summed E-state index contributed by atoms with van der Waals surface area (Å²) < 4.78 is 10.8. The molecule has 1 atom stereocenters. The van der Waals surface area contributed by atoms with Crippen LogP contribution in [0.3, 0.4) is 0 Å². The lowest BCUT2D eigenvalue weighted by atomic mass is 9.88. The summed E-state index contributed by atoms with van der Waals surface area (Å²) >= 11 is 1.88. The van der Waals surface area contributed by atoms with Crippen LogP contribution in [0, 0.1) is 5.92 Å². The fourth-order valence-corrected chi connectivity index (χ4v) is 4.96. The van der Waals surface area contributed by atoms with Crippen molar-refractivity contribution < 1.29 is 24.2 Å². The number of carbonyl (C=O) groups is 2. The largest absolute Gasteiger partial charge is 0.493 e. The monoisotopic (exact) mass is 379 g/mol. The van der Waals surface area contributed by atoms with Gasteiger partial charge in [0.2, 0.25) is 5.91 Å². The zero-order chi connectivity index (χ0) is 18.7. The first kappa shape index (κ1) is 18.9. The molecule has 26 heavy (non-hydrogen) atoms. The normalized spacial score (nSPS) is 20.4. The molecule has 1 N–H and O–H groups in total. The van der Waals surface area contributed by atoms with Gasteiger partial charge in [-0.2, -0.15) is 11.8 Å². The third kappa shape index (κ3) is 3.77. The molecule has 1 fully saturated rings. The van der Waals surface area contributed by atoms with E-state index in [4.69, 9.17) is 9.47 Å². The van der Waals surface area contributed by atoms with Gasteiger partial charge in [0.1, 0.15) is 0 Å². The Bertz CT molecular complexity index is 687. The Labute approximate surface area is 157 Å². The number of carboxylic acid groups (broad SMARTS) is 1. The van der Waals surface area contributed by atoms with E-state index in [9.17, 15) is 14.7 Å².